The second-order valence-electron chi connectivity index (χ2n) is 2.62. The van der Waals surface area contributed by atoms with Crippen molar-refractivity contribution in [3.63, 3.8) is 0 Å². The molecule has 0 radical (unpaired) electrons. The van der Waals surface area contributed by atoms with Gasteiger partial charge in [0.2, 0.25) is 11.5 Å². The van der Waals surface area contributed by atoms with Gasteiger partial charge in [0.15, 0.2) is 6.33 Å². The van der Waals surface area contributed by atoms with Gasteiger partial charge in [-0.25, -0.2) is 4.98 Å². The SMILES string of the molecule is CNC(=O)C(C#N)=NNc1nc[nH]c1[N+](=O)[O-]. The van der Waals surface area contributed by atoms with E-state index in [0.29, 0.717) is 0 Å². The predicted molar refractivity (Wildman–Crippen MR) is 56.0 cm³/mol. The minimum Gasteiger partial charge on any atom is -0.358 e. The van der Waals surface area contributed by atoms with E-state index in [1.165, 1.54) is 13.1 Å². The number of hydrogen-bond donors (Lipinski definition) is 3. The Hall–Kier alpha value is -2.96. The summed E-state index contributed by atoms with van der Waals surface area (Å²) >= 11 is 0. The molecule has 1 amide bonds. The molecule has 17 heavy (non-hydrogen) atoms. The van der Waals surface area contributed by atoms with Crippen LogP contribution in [0.3, 0.4) is 0 Å². The van der Waals surface area contributed by atoms with Crippen molar-refractivity contribution in [2.24, 2.45) is 5.10 Å². The average molecular weight is 237 g/mol. The Labute approximate surface area is 94.5 Å². The first kappa shape index (κ1) is 12.1. The molecule has 0 atom stereocenters. The number of nitro groups is 1. The molecule has 88 valence electrons. The van der Waals surface area contributed by atoms with Crippen LogP contribution >= 0.6 is 0 Å². The number of carbonyl (C=O) groups excluding carboxylic acids is 1. The average Bonchev–Trinajstić information content (AvgIpc) is 2.77. The van der Waals surface area contributed by atoms with Gasteiger partial charge in [-0.1, -0.05) is 0 Å². The highest BCUT2D eigenvalue weighted by Gasteiger charge is 2.15. The van der Waals surface area contributed by atoms with Crippen molar-refractivity contribution in [3.05, 3.63) is 16.4 Å². The number of nitrogens with one attached hydrogen (secondary N) is 3. The Morgan fingerprint density at radius 1 is 1.76 bits per heavy atom. The third kappa shape index (κ3) is 2.75. The fourth-order valence-corrected chi connectivity index (χ4v) is 0.862. The van der Waals surface area contributed by atoms with Crippen LogP contribution in [0, 0.1) is 21.4 Å². The molecule has 10 nitrogen and oxygen atoms in total. The molecule has 10 heteroatoms. The van der Waals surface area contributed by atoms with Crippen molar-refractivity contribution < 1.29 is 9.72 Å². The number of hydrogen-bond acceptors (Lipinski definition) is 7. The molecule has 0 saturated carbocycles. The zero-order valence-corrected chi connectivity index (χ0v) is 8.59. The van der Waals surface area contributed by atoms with Crippen molar-refractivity contribution in [1.29, 1.82) is 5.26 Å². The summed E-state index contributed by atoms with van der Waals surface area (Å²) in [6, 6.07) is 1.53. The molecule has 0 fully saturated rings. The normalized spacial score (nSPS) is 10.5. The van der Waals surface area contributed by atoms with Gasteiger partial charge < -0.3 is 15.4 Å². The van der Waals surface area contributed by atoms with Gasteiger partial charge in [0, 0.05) is 7.05 Å². The molecule has 1 rings (SSSR count). The van der Waals surface area contributed by atoms with E-state index in [-0.39, 0.29) is 5.82 Å². The molecule has 0 saturated heterocycles. The zero-order chi connectivity index (χ0) is 12.8. The summed E-state index contributed by atoms with van der Waals surface area (Å²) in [5.41, 5.74) is 1.69. The number of anilines is 1. The maximum atomic E-state index is 11.1. The van der Waals surface area contributed by atoms with Crippen LogP contribution < -0.4 is 10.7 Å². The van der Waals surface area contributed by atoms with Crippen LogP contribution in [0.15, 0.2) is 11.4 Å². The predicted octanol–water partition coefficient (Wildman–Crippen LogP) is -0.645. The first-order valence-electron chi connectivity index (χ1n) is 4.23. The molecular weight excluding hydrogens is 230 g/mol. The smallest absolute Gasteiger partial charge is 0.358 e. The van der Waals surface area contributed by atoms with Crippen LogP contribution in [0.2, 0.25) is 0 Å². The highest BCUT2D eigenvalue weighted by molar-refractivity contribution is 6.45. The summed E-state index contributed by atoms with van der Waals surface area (Å²) < 4.78 is 0. The van der Waals surface area contributed by atoms with Crippen molar-refractivity contribution in [2.75, 3.05) is 12.5 Å². The molecule has 0 bridgehead atoms. The lowest BCUT2D eigenvalue weighted by molar-refractivity contribution is -0.388. The van der Waals surface area contributed by atoms with Gasteiger partial charge in [-0.15, -0.1) is 0 Å². The first-order valence-corrected chi connectivity index (χ1v) is 4.23. The van der Waals surface area contributed by atoms with E-state index in [1.54, 1.807) is 0 Å². The summed E-state index contributed by atoms with van der Waals surface area (Å²) in [4.78, 5) is 26.7. The highest BCUT2D eigenvalue weighted by Crippen LogP contribution is 2.17. The lowest BCUT2D eigenvalue weighted by Crippen LogP contribution is -2.27. The lowest BCUT2D eigenvalue weighted by Gasteiger charge is -1.98. The van der Waals surface area contributed by atoms with E-state index >= 15 is 0 Å². The maximum Gasteiger partial charge on any atom is 0.366 e. The summed E-state index contributed by atoms with van der Waals surface area (Å²) in [5.74, 6) is -1.31. The van der Waals surface area contributed by atoms with Gasteiger partial charge in [-0.2, -0.15) is 15.3 Å². The molecule has 0 aliphatic carbocycles. The van der Waals surface area contributed by atoms with Gasteiger partial charge in [-0.3, -0.25) is 10.2 Å². The number of imidazole rings is 1. The molecule has 1 aromatic rings. The molecule has 0 aromatic carbocycles. The summed E-state index contributed by atoms with van der Waals surface area (Å²) in [6.45, 7) is 0. The number of H-pyrrole nitrogens is 1. The minimum atomic E-state index is -0.712. The first-order chi connectivity index (χ1) is 8.10. The number of amides is 1. The molecule has 1 heterocycles. The molecule has 0 aliphatic rings. The van der Waals surface area contributed by atoms with Crippen LogP contribution in [0.1, 0.15) is 0 Å². The van der Waals surface area contributed by atoms with E-state index in [4.69, 9.17) is 5.26 Å². The Bertz CT molecular complexity index is 512. The molecule has 0 spiro atoms. The van der Waals surface area contributed by atoms with Crippen LogP contribution in [0.4, 0.5) is 11.6 Å². The van der Waals surface area contributed by atoms with Gasteiger partial charge in [-0.05, 0) is 4.92 Å². The van der Waals surface area contributed by atoms with Crippen molar-refractivity contribution in [3.8, 4) is 6.07 Å². The molecule has 0 aliphatic heterocycles. The standard InChI is InChI=1S/C7H7N7O3/c1-9-7(15)4(2-8)12-13-5-6(14(16)17)11-3-10-5/h3,13H,1H3,(H,9,15)(H,10,11). The zero-order valence-electron chi connectivity index (χ0n) is 8.59. The maximum absolute atomic E-state index is 11.1. The minimum absolute atomic E-state index is 0.188. The molecular formula is C7H7N7O3. The van der Waals surface area contributed by atoms with Crippen molar-refractivity contribution in [1.82, 2.24) is 15.3 Å². The number of carbonyl (C=O) groups is 1. The summed E-state index contributed by atoms with van der Waals surface area (Å²) in [6.07, 6.45) is 1.09. The Balaban J connectivity index is 2.89. The quantitative estimate of drug-likeness (QED) is 0.360. The number of nitriles is 1. The van der Waals surface area contributed by atoms with E-state index in [0.717, 1.165) is 6.33 Å². The third-order valence-corrected chi connectivity index (χ3v) is 1.62. The van der Waals surface area contributed by atoms with Gasteiger partial charge in [0.05, 0.1) is 0 Å². The second-order valence-corrected chi connectivity index (χ2v) is 2.62. The number of hydrazone groups is 1. The lowest BCUT2D eigenvalue weighted by atomic mass is 10.4. The third-order valence-electron chi connectivity index (χ3n) is 1.62. The largest absolute Gasteiger partial charge is 0.366 e. The van der Waals surface area contributed by atoms with Crippen molar-refractivity contribution in [2.45, 2.75) is 0 Å². The van der Waals surface area contributed by atoms with Crippen LogP contribution in [-0.4, -0.2) is 33.6 Å². The Morgan fingerprint density at radius 3 is 3.00 bits per heavy atom. The summed E-state index contributed by atoms with van der Waals surface area (Å²) in [7, 11) is 1.33. The van der Waals surface area contributed by atoms with Gasteiger partial charge in [0.25, 0.3) is 5.91 Å². The van der Waals surface area contributed by atoms with Crippen LogP contribution in [0.5, 0.6) is 0 Å². The molecule has 3 N–H and O–H groups in total. The van der Waals surface area contributed by atoms with Crippen LogP contribution in [-0.2, 0) is 4.79 Å². The molecule has 1 aromatic heterocycles. The molecule has 0 unspecified atom stereocenters. The Morgan fingerprint density at radius 2 is 2.47 bits per heavy atom. The topological polar surface area (TPSA) is 149 Å². The monoisotopic (exact) mass is 237 g/mol. The summed E-state index contributed by atoms with van der Waals surface area (Å²) in [5, 5.41) is 24.7. The van der Waals surface area contributed by atoms with Gasteiger partial charge >= 0.3 is 5.82 Å². The second kappa shape index (κ2) is 5.21. The number of aromatic nitrogens is 2. The highest BCUT2D eigenvalue weighted by atomic mass is 16.6. The van der Waals surface area contributed by atoms with E-state index in [9.17, 15) is 14.9 Å². The van der Waals surface area contributed by atoms with E-state index < -0.39 is 22.4 Å². The van der Waals surface area contributed by atoms with Crippen molar-refractivity contribution >= 4 is 23.3 Å². The van der Waals surface area contributed by atoms with E-state index in [1.807, 2.05) is 0 Å². The number of rotatable bonds is 4. The number of nitrogens with zero attached hydrogens (tertiary/aromatic N) is 4. The number of aromatic amines is 1. The van der Waals surface area contributed by atoms with E-state index in [2.05, 4.69) is 25.8 Å². The van der Waals surface area contributed by atoms with Crippen LogP contribution in [0.25, 0.3) is 0 Å². The van der Waals surface area contributed by atoms with Gasteiger partial charge in [0.1, 0.15) is 6.07 Å². The Kier molecular flexibility index (Phi) is 3.71. The fraction of sp³-hybridized carbons (Fsp3) is 0.143. The fourth-order valence-electron chi connectivity index (χ4n) is 0.862.